The number of rotatable bonds is 7. The zero-order valence-corrected chi connectivity index (χ0v) is 16.2. The fourth-order valence-corrected chi connectivity index (χ4v) is 2.44. The summed E-state index contributed by atoms with van der Waals surface area (Å²) >= 11 is 0. The van der Waals surface area contributed by atoms with Gasteiger partial charge in [0.1, 0.15) is 17.1 Å². The molecule has 1 aromatic heterocycles. The minimum absolute atomic E-state index is 0.243. The van der Waals surface area contributed by atoms with Gasteiger partial charge in [-0.3, -0.25) is 0 Å². The number of nitrogens with zero attached hydrogens (tertiary/aromatic N) is 1. The monoisotopic (exact) mass is 373 g/mol. The number of ether oxygens (including phenoxy) is 1. The Balaban J connectivity index is 2.00. The van der Waals surface area contributed by atoms with Gasteiger partial charge in [-0.05, 0) is 50.6 Å². The number of furan rings is 1. The molecule has 1 unspecified atom stereocenters. The van der Waals surface area contributed by atoms with Crippen LogP contribution >= 0.6 is 0 Å². The van der Waals surface area contributed by atoms with E-state index in [1.165, 1.54) is 7.11 Å². The highest BCUT2D eigenvalue weighted by Crippen LogP contribution is 2.21. The van der Waals surface area contributed by atoms with Gasteiger partial charge < -0.3 is 24.9 Å². The molecule has 0 amide bonds. The Kier molecular flexibility index (Phi) is 7.01. The van der Waals surface area contributed by atoms with Gasteiger partial charge in [-0.1, -0.05) is 12.1 Å². The minimum Gasteiger partial charge on any atom is -0.465 e. The molecule has 0 bridgehead atoms. The Labute approximate surface area is 159 Å². The van der Waals surface area contributed by atoms with Crippen molar-refractivity contribution in [3.05, 3.63) is 59.0 Å². The first-order valence-corrected chi connectivity index (χ1v) is 8.84. The van der Waals surface area contributed by atoms with E-state index in [0.29, 0.717) is 30.4 Å². The molecule has 0 aliphatic heterocycles. The molecular weight excluding hydrogens is 346 g/mol. The topological polar surface area (TPSA) is 96.1 Å². The van der Waals surface area contributed by atoms with Gasteiger partial charge in [0.2, 0.25) is 0 Å². The molecular formula is C20H27N3O4. The summed E-state index contributed by atoms with van der Waals surface area (Å²) in [5, 5.41) is 16.9. The van der Waals surface area contributed by atoms with Crippen LogP contribution in [0.25, 0.3) is 0 Å². The van der Waals surface area contributed by atoms with Crippen LogP contribution in [-0.4, -0.2) is 37.2 Å². The number of guanidine groups is 1. The summed E-state index contributed by atoms with van der Waals surface area (Å²) in [6.45, 7) is 6.86. The molecule has 1 heterocycles. The van der Waals surface area contributed by atoms with Crippen molar-refractivity contribution >= 4 is 11.9 Å². The third kappa shape index (κ3) is 5.86. The van der Waals surface area contributed by atoms with E-state index in [1.54, 1.807) is 25.1 Å². The number of carbonyl (C=O) groups excluding carboxylic acids is 1. The van der Waals surface area contributed by atoms with Crippen molar-refractivity contribution in [2.75, 3.05) is 20.2 Å². The Morgan fingerprint density at radius 2 is 1.93 bits per heavy atom. The van der Waals surface area contributed by atoms with Crippen LogP contribution in [0.5, 0.6) is 0 Å². The van der Waals surface area contributed by atoms with Gasteiger partial charge in [-0.2, -0.15) is 0 Å². The van der Waals surface area contributed by atoms with E-state index in [2.05, 4.69) is 15.6 Å². The maximum atomic E-state index is 11.5. The van der Waals surface area contributed by atoms with Crippen LogP contribution in [0.15, 0.2) is 45.8 Å². The first-order chi connectivity index (χ1) is 12.9. The quantitative estimate of drug-likeness (QED) is 0.392. The molecule has 146 valence electrons. The predicted molar refractivity (Wildman–Crippen MR) is 104 cm³/mol. The van der Waals surface area contributed by atoms with Crippen molar-refractivity contribution in [2.45, 2.75) is 32.9 Å². The average molecular weight is 373 g/mol. The van der Waals surface area contributed by atoms with Crippen LogP contribution in [0, 0.1) is 6.92 Å². The summed E-state index contributed by atoms with van der Waals surface area (Å²) in [6.07, 6.45) is 0. The molecule has 7 heteroatoms. The lowest BCUT2D eigenvalue weighted by Crippen LogP contribution is -2.44. The fraction of sp³-hybridized carbons (Fsp3) is 0.400. The van der Waals surface area contributed by atoms with Gasteiger partial charge in [0.05, 0.1) is 25.8 Å². The molecule has 1 aromatic carbocycles. The Morgan fingerprint density at radius 1 is 1.22 bits per heavy atom. The Hall–Kier alpha value is -2.80. The maximum absolute atomic E-state index is 11.5. The number of aliphatic hydroxyl groups is 1. The molecule has 0 aliphatic rings. The second-order valence-electron chi connectivity index (χ2n) is 6.42. The van der Waals surface area contributed by atoms with Crippen molar-refractivity contribution in [1.82, 2.24) is 10.6 Å². The van der Waals surface area contributed by atoms with E-state index < -0.39 is 5.60 Å². The lowest BCUT2D eigenvalue weighted by molar-refractivity contribution is 0.0378. The summed E-state index contributed by atoms with van der Waals surface area (Å²) in [4.78, 5) is 16.0. The van der Waals surface area contributed by atoms with E-state index >= 15 is 0 Å². The van der Waals surface area contributed by atoms with Crippen molar-refractivity contribution in [1.29, 1.82) is 0 Å². The fourth-order valence-electron chi connectivity index (χ4n) is 2.44. The van der Waals surface area contributed by atoms with Gasteiger partial charge in [-0.25, -0.2) is 9.79 Å². The van der Waals surface area contributed by atoms with Crippen molar-refractivity contribution in [3.8, 4) is 0 Å². The average Bonchev–Trinajstić information content (AvgIpc) is 3.11. The molecule has 1 atom stereocenters. The van der Waals surface area contributed by atoms with E-state index in [0.717, 1.165) is 11.3 Å². The molecule has 0 saturated heterocycles. The molecule has 3 N–H and O–H groups in total. The Bertz CT molecular complexity index is 779. The molecule has 0 radical (unpaired) electrons. The summed E-state index contributed by atoms with van der Waals surface area (Å²) < 4.78 is 10.2. The van der Waals surface area contributed by atoms with Crippen LogP contribution in [0.2, 0.25) is 0 Å². The van der Waals surface area contributed by atoms with Crippen molar-refractivity contribution in [2.24, 2.45) is 4.99 Å². The molecule has 0 aliphatic carbocycles. The third-order valence-electron chi connectivity index (χ3n) is 4.01. The largest absolute Gasteiger partial charge is 0.465 e. The molecule has 27 heavy (non-hydrogen) atoms. The number of aliphatic imine (C=N–C) groups is 1. The predicted octanol–water partition coefficient (Wildman–Crippen LogP) is 2.34. The van der Waals surface area contributed by atoms with Crippen LogP contribution in [0.3, 0.4) is 0 Å². The molecule has 2 aromatic rings. The number of hydrogen-bond donors (Lipinski definition) is 3. The number of aryl methyl sites for hydroxylation is 1. The maximum Gasteiger partial charge on any atom is 0.337 e. The lowest BCUT2D eigenvalue weighted by Gasteiger charge is -2.22. The number of methoxy groups -OCH3 is 1. The normalized spacial score (nSPS) is 13.7. The third-order valence-corrected chi connectivity index (χ3v) is 4.01. The SMILES string of the molecule is CCNC(=NCc1ccc(C(=O)OC)cc1)NCC(C)(O)c1ccc(C)o1. The lowest BCUT2D eigenvalue weighted by atomic mass is 10.0. The van der Waals surface area contributed by atoms with E-state index in [-0.39, 0.29) is 12.5 Å². The van der Waals surface area contributed by atoms with Gasteiger partial charge in [0, 0.05) is 6.54 Å². The minimum atomic E-state index is -1.16. The summed E-state index contributed by atoms with van der Waals surface area (Å²) in [5.74, 6) is 1.47. The van der Waals surface area contributed by atoms with Gasteiger partial charge >= 0.3 is 5.97 Å². The molecule has 0 fully saturated rings. The Morgan fingerprint density at radius 3 is 2.48 bits per heavy atom. The van der Waals surface area contributed by atoms with Gasteiger partial charge in [0.25, 0.3) is 0 Å². The van der Waals surface area contributed by atoms with Crippen molar-refractivity contribution < 1.29 is 19.1 Å². The summed E-state index contributed by atoms with van der Waals surface area (Å²) in [6, 6.07) is 10.7. The van der Waals surface area contributed by atoms with Gasteiger partial charge in [0.15, 0.2) is 5.96 Å². The number of nitrogens with one attached hydrogen (secondary N) is 2. The summed E-state index contributed by atoms with van der Waals surface area (Å²) in [5.41, 5.74) is 0.292. The first kappa shape index (κ1) is 20.5. The number of benzene rings is 1. The second-order valence-corrected chi connectivity index (χ2v) is 6.42. The zero-order chi connectivity index (χ0) is 19.9. The van der Waals surface area contributed by atoms with Crippen LogP contribution < -0.4 is 10.6 Å². The van der Waals surface area contributed by atoms with E-state index in [9.17, 15) is 9.90 Å². The number of carbonyl (C=O) groups is 1. The highest BCUT2D eigenvalue weighted by Gasteiger charge is 2.27. The standard InChI is InChI=1S/C20H27N3O4/c1-5-21-19(23-13-20(3,25)17-11-6-14(2)27-17)22-12-15-7-9-16(10-8-15)18(24)26-4/h6-11,25H,5,12-13H2,1-4H3,(H2,21,22,23). The summed E-state index contributed by atoms with van der Waals surface area (Å²) in [7, 11) is 1.36. The number of hydrogen-bond acceptors (Lipinski definition) is 5. The van der Waals surface area contributed by atoms with E-state index in [1.807, 2.05) is 32.0 Å². The highest BCUT2D eigenvalue weighted by molar-refractivity contribution is 5.89. The number of esters is 1. The highest BCUT2D eigenvalue weighted by atomic mass is 16.5. The molecule has 0 saturated carbocycles. The van der Waals surface area contributed by atoms with Gasteiger partial charge in [-0.15, -0.1) is 0 Å². The van der Waals surface area contributed by atoms with E-state index in [4.69, 9.17) is 9.15 Å². The molecule has 7 nitrogen and oxygen atoms in total. The van der Waals surface area contributed by atoms with Crippen LogP contribution in [0.1, 0.15) is 41.3 Å². The zero-order valence-electron chi connectivity index (χ0n) is 16.2. The molecule has 2 rings (SSSR count). The van der Waals surface area contributed by atoms with Crippen LogP contribution in [-0.2, 0) is 16.9 Å². The molecule has 0 spiro atoms. The van der Waals surface area contributed by atoms with Crippen LogP contribution in [0.4, 0.5) is 0 Å². The smallest absolute Gasteiger partial charge is 0.337 e. The first-order valence-electron chi connectivity index (χ1n) is 8.84. The van der Waals surface area contributed by atoms with Crippen molar-refractivity contribution in [3.63, 3.8) is 0 Å². The second kappa shape index (κ2) is 9.23.